The van der Waals surface area contributed by atoms with Gasteiger partial charge in [-0.1, -0.05) is 30.7 Å². The Kier molecular flexibility index (Phi) is 1.78. The lowest BCUT2D eigenvalue weighted by Gasteiger charge is -2.59. The largest absolute Gasteiger partial charge is 0.0537 e. The molecular formula is C19H16. The van der Waals surface area contributed by atoms with Crippen LogP contribution in [0.1, 0.15) is 36.8 Å². The molecule has 3 aliphatic rings. The lowest BCUT2D eigenvalue weighted by atomic mass is 9.44. The fourth-order valence-electron chi connectivity index (χ4n) is 5.23. The average molecular weight is 244 g/mol. The van der Waals surface area contributed by atoms with Gasteiger partial charge in [-0.05, 0) is 77.6 Å². The molecule has 1 spiro atoms. The van der Waals surface area contributed by atoms with E-state index in [1.165, 1.54) is 36.8 Å². The van der Waals surface area contributed by atoms with Crippen LogP contribution >= 0.6 is 0 Å². The molecule has 5 rings (SSSR count). The monoisotopic (exact) mass is 244 g/mol. The second-order valence-corrected chi connectivity index (χ2v) is 6.37. The van der Waals surface area contributed by atoms with Gasteiger partial charge in [0.15, 0.2) is 0 Å². The number of benzene rings is 2. The van der Waals surface area contributed by atoms with Gasteiger partial charge in [-0.15, -0.1) is 0 Å². The van der Waals surface area contributed by atoms with Crippen LogP contribution in [-0.4, -0.2) is 0 Å². The van der Waals surface area contributed by atoms with Crippen LogP contribution < -0.4 is 0 Å². The van der Waals surface area contributed by atoms with E-state index in [4.69, 9.17) is 0 Å². The molecule has 2 aromatic carbocycles. The molecule has 0 N–H and O–H groups in total. The molecule has 0 heterocycles. The maximum atomic E-state index is 3.33. The molecule has 3 aliphatic carbocycles. The minimum absolute atomic E-state index is 0.332. The topological polar surface area (TPSA) is 0 Å². The summed E-state index contributed by atoms with van der Waals surface area (Å²) in [6.45, 7) is 0. The van der Waals surface area contributed by atoms with Crippen molar-refractivity contribution in [3.8, 4) is 11.1 Å². The van der Waals surface area contributed by atoms with Gasteiger partial charge in [0, 0.05) is 5.41 Å². The smallest absolute Gasteiger partial charge is 0.0272 e. The Hall–Kier alpha value is -1.56. The molecule has 2 unspecified atom stereocenters. The normalized spacial score (nSPS) is 28.6. The first-order chi connectivity index (χ1) is 9.42. The van der Waals surface area contributed by atoms with Crippen molar-refractivity contribution in [2.24, 2.45) is 11.8 Å². The molecule has 19 heavy (non-hydrogen) atoms. The number of hydrogen-bond donors (Lipinski definition) is 0. The molecule has 2 fully saturated rings. The van der Waals surface area contributed by atoms with E-state index in [-0.39, 0.29) is 0 Å². The third kappa shape index (κ3) is 1.00. The molecule has 0 nitrogen and oxygen atoms in total. The van der Waals surface area contributed by atoms with Crippen LogP contribution in [0.5, 0.6) is 0 Å². The first-order valence-corrected chi connectivity index (χ1v) is 7.44. The van der Waals surface area contributed by atoms with Crippen molar-refractivity contribution < 1.29 is 0 Å². The molecule has 0 aromatic heterocycles. The molecule has 2 aromatic rings. The molecule has 0 heteroatoms. The molecule has 0 saturated heterocycles. The summed E-state index contributed by atoms with van der Waals surface area (Å²) in [4.78, 5) is 0. The zero-order valence-corrected chi connectivity index (χ0v) is 10.9. The molecule has 2 saturated carbocycles. The molecule has 92 valence electrons. The van der Waals surface area contributed by atoms with Gasteiger partial charge in [0.05, 0.1) is 0 Å². The third-order valence-electron chi connectivity index (χ3n) is 5.87. The summed E-state index contributed by atoms with van der Waals surface area (Å²) in [5.74, 6) is 1.72. The first-order valence-electron chi connectivity index (χ1n) is 7.44. The van der Waals surface area contributed by atoms with Crippen LogP contribution in [0.15, 0.2) is 36.4 Å². The summed E-state index contributed by atoms with van der Waals surface area (Å²) >= 11 is 0. The van der Waals surface area contributed by atoms with Crippen molar-refractivity contribution in [3.63, 3.8) is 0 Å². The molecule has 0 amide bonds. The van der Waals surface area contributed by atoms with Crippen LogP contribution in [0.4, 0.5) is 0 Å². The Morgan fingerprint density at radius 1 is 0.895 bits per heavy atom. The highest BCUT2D eigenvalue weighted by Gasteiger charge is 2.61. The van der Waals surface area contributed by atoms with Crippen molar-refractivity contribution in [1.82, 2.24) is 0 Å². The van der Waals surface area contributed by atoms with E-state index in [0.717, 1.165) is 11.8 Å². The molecule has 2 radical (unpaired) electrons. The fourth-order valence-corrected chi connectivity index (χ4v) is 5.23. The summed E-state index contributed by atoms with van der Waals surface area (Å²) < 4.78 is 0. The minimum Gasteiger partial charge on any atom is -0.0537 e. The minimum atomic E-state index is 0.332. The highest BCUT2D eigenvalue weighted by molar-refractivity contribution is 5.82. The zero-order chi connectivity index (χ0) is 12.4. The molecule has 2 bridgehead atoms. The van der Waals surface area contributed by atoms with Crippen molar-refractivity contribution in [2.45, 2.75) is 31.1 Å². The van der Waals surface area contributed by atoms with Crippen molar-refractivity contribution in [2.75, 3.05) is 0 Å². The predicted octanol–water partition coefficient (Wildman–Crippen LogP) is 4.37. The Morgan fingerprint density at radius 2 is 1.47 bits per heavy atom. The molecule has 0 aliphatic heterocycles. The summed E-state index contributed by atoms with van der Waals surface area (Å²) in [7, 11) is 0. The second kappa shape index (κ2) is 3.30. The van der Waals surface area contributed by atoms with Crippen LogP contribution in [0.25, 0.3) is 11.1 Å². The maximum Gasteiger partial charge on any atom is 0.0272 e. The first kappa shape index (κ1) is 10.3. The van der Waals surface area contributed by atoms with E-state index in [1.807, 2.05) is 0 Å². The SMILES string of the molecule is [c]1ccc2c(c1)C1(c3c[c]ccc3-2)C2CCCC1C2. The third-order valence-corrected chi connectivity index (χ3v) is 5.87. The standard InChI is InChI=1S/C19H16/c1-3-10-17-15(8-1)16-9-2-4-11-18(16)19(17)13-6-5-7-14(19)12-13/h1-2,8-11,13-14H,5-7,12H2. The number of rotatable bonds is 0. The van der Waals surface area contributed by atoms with Gasteiger partial charge in [-0.25, -0.2) is 0 Å². The zero-order valence-electron chi connectivity index (χ0n) is 10.9. The number of hydrogen-bond acceptors (Lipinski definition) is 0. The summed E-state index contributed by atoms with van der Waals surface area (Å²) in [5.41, 5.74) is 6.37. The number of fused-ring (bicyclic) bond motifs is 3. The average Bonchev–Trinajstić information content (AvgIpc) is 2.81. The van der Waals surface area contributed by atoms with Crippen molar-refractivity contribution in [3.05, 3.63) is 59.7 Å². The Morgan fingerprint density at radius 3 is 2.00 bits per heavy atom. The summed E-state index contributed by atoms with van der Waals surface area (Å²) in [5, 5.41) is 0. The van der Waals surface area contributed by atoms with Gasteiger partial charge in [0.25, 0.3) is 0 Å². The van der Waals surface area contributed by atoms with Gasteiger partial charge >= 0.3 is 0 Å². The van der Waals surface area contributed by atoms with Gasteiger partial charge in [0.2, 0.25) is 0 Å². The van der Waals surface area contributed by atoms with E-state index < -0.39 is 0 Å². The van der Waals surface area contributed by atoms with Gasteiger partial charge in [0.1, 0.15) is 0 Å². The van der Waals surface area contributed by atoms with E-state index in [9.17, 15) is 0 Å². The summed E-state index contributed by atoms with van der Waals surface area (Å²) in [6, 6.07) is 19.8. The van der Waals surface area contributed by atoms with Crippen molar-refractivity contribution >= 4 is 0 Å². The van der Waals surface area contributed by atoms with Crippen LogP contribution in [-0.2, 0) is 5.41 Å². The highest BCUT2D eigenvalue weighted by atomic mass is 14.6. The lowest BCUT2D eigenvalue weighted by molar-refractivity contribution is 0.00855. The maximum absolute atomic E-state index is 3.33. The fraction of sp³-hybridized carbons (Fsp3) is 0.368. The van der Waals surface area contributed by atoms with E-state index >= 15 is 0 Å². The summed E-state index contributed by atoms with van der Waals surface area (Å²) in [6.07, 6.45) is 5.66. The van der Waals surface area contributed by atoms with Gasteiger partial charge in [-0.2, -0.15) is 0 Å². The van der Waals surface area contributed by atoms with Gasteiger partial charge in [-0.3, -0.25) is 0 Å². The van der Waals surface area contributed by atoms with Crippen molar-refractivity contribution in [1.29, 1.82) is 0 Å². The Labute approximate surface area is 114 Å². The molecule has 2 atom stereocenters. The second-order valence-electron chi connectivity index (χ2n) is 6.37. The van der Waals surface area contributed by atoms with Crippen LogP contribution in [0.2, 0.25) is 0 Å². The molecular weight excluding hydrogens is 228 g/mol. The van der Waals surface area contributed by atoms with Crippen LogP contribution in [0, 0.1) is 24.0 Å². The highest BCUT2D eigenvalue weighted by Crippen LogP contribution is 2.68. The van der Waals surface area contributed by atoms with Crippen LogP contribution in [0.3, 0.4) is 0 Å². The Bertz CT molecular complexity index is 606. The lowest BCUT2D eigenvalue weighted by Crippen LogP contribution is -2.55. The Balaban J connectivity index is 1.87. The van der Waals surface area contributed by atoms with E-state index in [0.29, 0.717) is 5.41 Å². The van der Waals surface area contributed by atoms with E-state index in [2.05, 4.69) is 48.5 Å². The quantitative estimate of drug-likeness (QED) is 0.645. The predicted molar refractivity (Wildman–Crippen MR) is 75.8 cm³/mol. The van der Waals surface area contributed by atoms with E-state index in [1.54, 1.807) is 11.1 Å². The van der Waals surface area contributed by atoms with Gasteiger partial charge < -0.3 is 0 Å².